The van der Waals surface area contributed by atoms with Crippen molar-refractivity contribution in [1.29, 1.82) is 0 Å². The quantitative estimate of drug-likeness (QED) is 0.554. The smallest absolute Gasteiger partial charge is 0.147 e. The average Bonchev–Trinajstić information content (AvgIpc) is 2.45. The van der Waals surface area contributed by atoms with E-state index >= 15 is 0 Å². The highest BCUT2D eigenvalue weighted by Crippen LogP contribution is 2.28. The molecule has 0 radical (unpaired) electrons. The predicted octanol–water partition coefficient (Wildman–Crippen LogP) is 1.03. The van der Waals surface area contributed by atoms with Crippen LogP contribution in [0.5, 0.6) is 5.75 Å². The monoisotopic (exact) mass is 150 g/mol. The summed E-state index contributed by atoms with van der Waals surface area (Å²) in [5.74, 6) is 0.956. The van der Waals surface area contributed by atoms with Crippen LogP contribution in [0.15, 0.2) is 0 Å². The van der Waals surface area contributed by atoms with E-state index in [0.29, 0.717) is 0 Å². The van der Waals surface area contributed by atoms with E-state index in [4.69, 9.17) is 4.74 Å². The Morgan fingerprint density at radius 1 is 1.18 bits per heavy atom. The highest BCUT2D eigenvalue weighted by atomic mass is 16.5. The van der Waals surface area contributed by atoms with E-state index in [1.165, 1.54) is 5.56 Å². The number of nitrogens with zero attached hydrogens (tertiary/aromatic N) is 2. The van der Waals surface area contributed by atoms with Crippen molar-refractivity contribution in [3.63, 3.8) is 0 Å². The Hall–Kier alpha value is -1.12. The Morgan fingerprint density at radius 2 is 1.91 bits per heavy atom. The minimum Gasteiger partial charge on any atom is -0.491 e. The average molecular weight is 150 g/mol. The molecular weight excluding hydrogens is 140 g/mol. The molecule has 0 saturated heterocycles. The molecule has 1 aromatic rings. The fourth-order valence-corrected chi connectivity index (χ4v) is 1.38. The first-order valence-corrected chi connectivity index (χ1v) is 3.74. The molecule has 0 unspecified atom stereocenters. The number of ether oxygens (including phenoxy) is 1. The van der Waals surface area contributed by atoms with E-state index in [-0.39, 0.29) is 0 Å². The first-order valence-electron chi connectivity index (χ1n) is 3.74. The van der Waals surface area contributed by atoms with Crippen LogP contribution in [-0.4, -0.2) is 16.8 Å². The predicted molar refractivity (Wildman–Crippen MR) is 40.7 cm³/mol. The fourth-order valence-electron chi connectivity index (χ4n) is 1.38. The molecule has 0 amide bonds. The summed E-state index contributed by atoms with van der Waals surface area (Å²) in [4.78, 5) is 0. The molecule has 0 fully saturated rings. The third-order valence-electron chi connectivity index (χ3n) is 1.99. The van der Waals surface area contributed by atoms with Gasteiger partial charge >= 0.3 is 0 Å². The van der Waals surface area contributed by atoms with Gasteiger partial charge in [-0.3, -0.25) is 0 Å². The fraction of sp³-hybridized carbons (Fsp3) is 0.500. The zero-order valence-corrected chi connectivity index (χ0v) is 6.72. The second-order valence-electron chi connectivity index (χ2n) is 2.78. The van der Waals surface area contributed by atoms with Gasteiger partial charge in [0.05, 0.1) is 12.3 Å². The molecule has 1 aliphatic heterocycles. The third-order valence-corrected chi connectivity index (χ3v) is 1.99. The van der Waals surface area contributed by atoms with Gasteiger partial charge in [-0.15, -0.1) is 0 Å². The number of hydrogen-bond acceptors (Lipinski definition) is 3. The lowest BCUT2D eigenvalue weighted by Crippen LogP contribution is -1.95. The Balaban J connectivity index is 2.64. The maximum absolute atomic E-state index is 5.41. The standard InChI is InChI=1S/C8H10N2O/c1-5-7-3-4-11-8(7)6(2)10-9-5/h3-4H2,1-2H3. The van der Waals surface area contributed by atoms with Gasteiger partial charge in [-0.2, -0.15) is 10.2 Å². The lowest BCUT2D eigenvalue weighted by atomic mass is 10.1. The lowest BCUT2D eigenvalue weighted by Gasteiger charge is -2.02. The van der Waals surface area contributed by atoms with E-state index in [9.17, 15) is 0 Å². The van der Waals surface area contributed by atoms with E-state index in [0.717, 1.165) is 30.2 Å². The molecule has 3 heteroatoms. The molecule has 0 aromatic carbocycles. The molecule has 11 heavy (non-hydrogen) atoms. The molecule has 2 heterocycles. The first kappa shape index (κ1) is 6.58. The molecule has 0 N–H and O–H groups in total. The van der Waals surface area contributed by atoms with Crippen molar-refractivity contribution in [2.45, 2.75) is 20.3 Å². The summed E-state index contributed by atoms with van der Waals surface area (Å²) in [6, 6.07) is 0. The summed E-state index contributed by atoms with van der Waals surface area (Å²) < 4.78 is 5.41. The molecule has 0 spiro atoms. The minimum absolute atomic E-state index is 0.782. The zero-order chi connectivity index (χ0) is 7.84. The highest BCUT2D eigenvalue weighted by molar-refractivity contribution is 5.40. The Morgan fingerprint density at radius 3 is 2.64 bits per heavy atom. The second-order valence-corrected chi connectivity index (χ2v) is 2.78. The van der Waals surface area contributed by atoms with E-state index in [1.807, 2.05) is 13.8 Å². The van der Waals surface area contributed by atoms with Crippen molar-refractivity contribution in [1.82, 2.24) is 10.2 Å². The van der Waals surface area contributed by atoms with Crippen molar-refractivity contribution in [3.8, 4) is 5.75 Å². The molecule has 0 saturated carbocycles. The number of rotatable bonds is 0. The molecule has 1 aromatic heterocycles. The number of aromatic nitrogens is 2. The van der Waals surface area contributed by atoms with Gasteiger partial charge in [0, 0.05) is 12.0 Å². The van der Waals surface area contributed by atoms with Gasteiger partial charge in [-0.05, 0) is 13.8 Å². The number of aryl methyl sites for hydroxylation is 2. The Labute approximate surface area is 65.4 Å². The molecule has 2 rings (SSSR count). The Kier molecular flexibility index (Phi) is 1.31. The van der Waals surface area contributed by atoms with E-state index < -0.39 is 0 Å². The van der Waals surface area contributed by atoms with Crippen LogP contribution in [0.25, 0.3) is 0 Å². The zero-order valence-electron chi connectivity index (χ0n) is 6.72. The van der Waals surface area contributed by atoms with Gasteiger partial charge in [-0.25, -0.2) is 0 Å². The van der Waals surface area contributed by atoms with Gasteiger partial charge in [0.15, 0.2) is 0 Å². The highest BCUT2D eigenvalue weighted by Gasteiger charge is 2.18. The van der Waals surface area contributed by atoms with E-state index in [1.54, 1.807) is 0 Å². The summed E-state index contributed by atoms with van der Waals surface area (Å²) in [5.41, 5.74) is 3.14. The normalized spacial score (nSPS) is 14.4. The number of fused-ring (bicyclic) bond motifs is 1. The van der Waals surface area contributed by atoms with Crippen molar-refractivity contribution >= 4 is 0 Å². The summed E-state index contributed by atoms with van der Waals surface area (Å²) in [7, 11) is 0. The largest absolute Gasteiger partial charge is 0.491 e. The molecule has 3 nitrogen and oxygen atoms in total. The van der Waals surface area contributed by atoms with Gasteiger partial charge < -0.3 is 4.74 Å². The van der Waals surface area contributed by atoms with Crippen LogP contribution in [-0.2, 0) is 6.42 Å². The summed E-state index contributed by atoms with van der Waals surface area (Å²) in [5, 5.41) is 8.00. The minimum atomic E-state index is 0.782. The SMILES string of the molecule is Cc1nnc(C)c2c1CCO2. The Bertz CT molecular complexity index is 267. The van der Waals surface area contributed by atoms with Crippen LogP contribution in [0.2, 0.25) is 0 Å². The van der Waals surface area contributed by atoms with Gasteiger partial charge in [-0.1, -0.05) is 0 Å². The molecule has 0 aliphatic carbocycles. The molecule has 58 valence electrons. The van der Waals surface area contributed by atoms with Crippen LogP contribution in [0.3, 0.4) is 0 Å². The van der Waals surface area contributed by atoms with Crippen molar-refractivity contribution < 1.29 is 4.74 Å². The molecule has 0 atom stereocenters. The summed E-state index contributed by atoms with van der Waals surface area (Å²) >= 11 is 0. The van der Waals surface area contributed by atoms with Gasteiger partial charge in [0.1, 0.15) is 11.4 Å². The van der Waals surface area contributed by atoms with Crippen LogP contribution < -0.4 is 4.74 Å². The van der Waals surface area contributed by atoms with Crippen molar-refractivity contribution in [2.24, 2.45) is 0 Å². The maximum Gasteiger partial charge on any atom is 0.147 e. The van der Waals surface area contributed by atoms with Crippen molar-refractivity contribution in [2.75, 3.05) is 6.61 Å². The molecule has 0 bridgehead atoms. The topological polar surface area (TPSA) is 35.0 Å². The first-order chi connectivity index (χ1) is 5.29. The van der Waals surface area contributed by atoms with Crippen LogP contribution in [0.4, 0.5) is 0 Å². The van der Waals surface area contributed by atoms with Crippen LogP contribution in [0.1, 0.15) is 17.0 Å². The summed E-state index contributed by atoms with van der Waals surface area (Å²) in [6.45, 7) is 4.68. The third kappa shape index (κ3) is 0.878. The second kappa shape index (κ2) is 2.19. The molecular formula is C8H10N2O. The van der Waals surface area contributed by atoms with Crippen molar-refractivity contribution in [3.05, 3.63) is 17.0 Å². The molecule has 1 aliphatic rings. The van der Waals surface area contributed by atoms with Crippen LogP contribution in [0, 0.1) is 13.8 Å². The maximum atomic E-state index is 5.41. The van der Waals surface area contributed by atoms with Gasteiger partial charge in [0.25, 0.3) is 0 Å². The van der Waals surface area contributed by atoms with Gasteiger partial charge in [0.2, 0.25) is 0 Å². The lowest BCUT2D eigenvalue weighted by molar-refractivity contribution is 0.352. The van der Waals surface area contributed by atoms with Crippen LogP contribution >= 0.6 is 0 Å². The number of hydrogen-bond donors (Lipinski definition) is 0. The van der Waals surface area contributed by atoms with E-state index in [2.05, 4.69) is 10.2 Å². The summed E-state index contributed by atoms with van der Waals surface area (Å²) in [6.07, 6.45) is 0.984.